The molecule has 98 valence electrons. The Kier molecular flexibility index (Phi) is 4.33. The molecule has 0 aromatic heterocycles. The molecule has 4 nitrogen and oxygen atoms in total. The molecule has 0 unspecified atom stereocenters. The summed E-state index contributed by atoms with van der Waals surface area (Å²) in [4.78, 5) is 14.3. The fraction of sp³-hybridized carbons (Fsp3) is 0.500. The minimum absolute atomic E-state index is 0.0237. The van der Waals surface area contributed by atoms with E-state index in [2.05, 4.69) is 0 Å². The molecule has 1 aliphatic rings. The molecular weight excluding hydrogens is 228 g/mol. The van der Waals surface area contributed by atoms with Crippen molar-refractivity contribution in [1.29, 1.82) is 0 Å². The summed E-state index contributed by atoms with van der Waals surface area (Å²) in [5.74, 6) is 0.0237. The number of carbonyl (C=O) groups is 1. The number of nitrogens with two attached hydrogens (primary N) is 1. The topological polar surface area (TPSA) is 66.6 Å². The summed E-state index contributed by atoms with van der Waals surface area (Å²) in [6.45, 7) is 1.32. The summed E-state index contributed by atoms with van der Waals surface area (Å²) in [6, 6.07) is 7.57. The third-order valence-electron chi connectivity index (χ3n) is 3.51. The van der Waals surface area contributed by atoms with Gasteiger partial charge in [0.1, 0.15) is 0 Å². The van der Waals surface area contributed by atoms with Crippen molar-refractivity contribution in [2.45, 2.75) is 25.3 Å². The van der Waals surface area contributed by atoms with Crippen LogP contribution in [0.1, 0.15) is 28.8 Å². The SMILES string of the molecule is NCCc1ccccc1C(=O)N1CCC[C@@H]1CO. The maximum absolute atomic E-state index is 12.5. The van der Waals surface area contributed by atoms with E-state index >= 15 is 0 Å². The van der Waals surface area contributed by atoms with E-state index in [1.165, 1.54) is 0 Å². The number of hydrogen-bond donors (Lipinski definition) is 2. The molecule has 1 fully saturated rings. The molecule has 18 heavy (non-hydrogen) atoms. The highest BCUT2D eigenvalue weighted by atomic mass is 16.3. The molecule has 2 rings (SSSR count). The van der Waals surface area contributed by atoms with Gasteiger partial charge in [-0.2, -0.15) is 0 Å². The number of benzene rings is 1. The van der Waals surface area contributed by atoms with Crippen molar-refractivity contribution in [3.63, 3.8) is 0 Å². The quantitative estimate of drug-likeness (QED) is 0.827. The zero-order chi connectivity index (χ0) is 13.0. The Balaban J connectivity index is 2.22. The zero-order valence-electron chi connectivity index (χ0n) is 10.5. The van der Waals surface area contributed by atoms with Crippen molar-refractivity contribution >= 4 is 5.91 Å². The Morgan fingerprint density at radius 3 is 2.94 bits per heavy atom. The van der Waals surface area contributed by atoms with E-state index in [0.29, 0.717) is 13.0 Å². The van der Waals surface area contributed by atoms with Gasteiger partial charge in [0.15, 0.2) is 0 Å². The number of hydrogen-bond acceptors (Lipinski definition) is 3. The van der Waals surface area contributed by atoms with Crippen LogP contribution in [-0.2, 0) is 6.42 Å². The van der Waals surface area contributed by atoms with E-state index in [1.54, 1.807) is 4.90 Å². The van der Waals surface area contributed by atoms with Crippen molar-refractivity contribution in [2.75, 3.05) is 19.7 Å². The molecule has 1 amide bonds. The fourth-order valence-corrected chi connectivity index (χ4v) is 2.55. The van der Waals surface area contributed by atoms with Crippen molar-refractivity contribution in [1.82, 2.24) is 4.90 Å². The van der Waals surface area contributed by atoms with Gasteiger partial charge in [-0.05, 0) is 37.4 Å². The van der Waals surface area contributed by atoms with Crippen LogP contribution in [0.5, 0.6) is 0 Å². The van der Waals surface area contributed by atoms with Crippen LogP contribution in [0.4, 0.5) is 0 Å². The maximum atomic E-state index is 12.5. The summed E-state index contributed by atoms with van der Waals surface area (Å²) in [5, 5.41) is 9.29. The number of aliphatic hydroxyl groups excluding tert-OH is 1. The molecular formula is C14H20N2O2. The summed E-state index contributed by atoms with van der Waals surface area (Å²) in [7, 11) is 0. The predicted octanol–water partition coefficient (Wildman–Crippen LogP) is 0.785. The van der Waals surface area contributed by atoms with Gasteiger partial charge in [-0.3, -0.25) is 4.79 Å². The molecule has 4 heteroatoms. The van der Waals surface area contributed by atoms with Crippen LogP contribution < -0.4 is 5.73 Å². The van der Waals surface area contributed by atoms with Crippen molar-refractivity contribution in [3.05, 3.63) is 35.4 Å². The Bertz CT molecular complexity index is 420. The molecule has 1 heterocycles. The van der Waals surface area contributed by atoms with Crippen molar-refractivity contribution in [2.24, 2.45) is 5.73 Å². The largest absolute Gasteiger partial charge is 0.394 e. The van der Waals surface area contributed by atoms with Crippen LogP contribution in [0.25, 0.3) is 0 Å². The first-order chi connectivity index (χ1) is 8.77. The van der Waals surface area contributed by atoms with Gasteiger partial charge < -0.3 is 15.7 Å². The van der Waals surface area contributed by atoms with Crippen LogP contribution in [0.15, 0.2) is 24.3 Å². The predicted molar refractivity (Wildman–Crippen MR) is 70.3 cm³/mol. The zero-order valence-corrected chi connectivity index (χ0v) is 10.5. The molecule has 0 bridgehead atoms. The second-order valence-corrected chi connectivity index (χ2v) is 4.67. The van der Waals surface area contributed by atoms with Gasteiger partial charge in [-0.15, -0.1) is 0 Å². The van der Waals surface area contributed by atoms with Gasteiger partial charge >= 0.3 is 0 Å². The number of rotatable bonds is 4. The van der Waals surface area contributed by atoms with E-state index in [-0.39, 0.29) is 18.6 Å². The lowest BCUT2D eigenvalue weighted by molar-refractivity contribution is 0.0676. The van der Waals surface area contributed by atoms with E-state index < -0.39 is 0 Å². The molecule has 0 saturated carbocycles. The lowest BCUT2D eigenvalue weighted by Crippen LogP contribution is -2.38. The monoisotopic (exact) mass is 248 g/mol. The van der Waals surface area contributed by atoms with Crippen molar-refractivity contribution < 1.29 is 9.90 Å². The van der Waals surface area contributed by atoms with E-state index in [9.17, 15) is 9.90 Å². The van der Waals surface area contributed by atoms with Gasteiger partial charge in [0.25, 0.3) is 5.91 Å². The second kappa shape index (κ2) is 5.98. The summed E-state index contributed by atoms with van der Waals surface area (Å²) in [6.07, 6.45) is 2.57. The summed E-state index contributed by atoms with van der Waals surface area (Å²) in [5.41, 5.74) is 7.29. The summed E-state index contributed by atoms with van der Waals surface area (Å²) < 4.78 is 0. The number of amides is 1. The molecule has 0 spiro atoms. The summed E-state index contributed by atoms with van der Waals surface area (Å²) >= 11 is 0. The third kappa shape index (κ3) is 2.54. The Morgan fingerprint density at radius 1 is 1.44 bits per heavy atom. The van der Waals surface area contributed by atoms with Gasteiger partial charge in [-0.25, -0.2) is 0 Å². The normalized spacial score (nSPS) is 19.2. The molecule has 1 aromatic rings. The average molecular weight is 248 g/mol. The standard InChI is InChI=1S/C14H20N2O2/c15-8-7-11-4-1-2-6-13(11)14(18)16-9-3-5-12(16)10-17/h1-2,4,6,12,17H,3,5,7-10,15H2/t12-/m1/s1. The molecule has 1 aromatic carbocycles. The number of likely N-dealkylation sites (tertiary alicyclic amines) is 1. The smallest absolute Gasteiger partial charge is 0.254 e. The van der Waals surface area contributed by atoms with Crippen LogP contribution >= 0.6 is 0 Å². The number of nitrogens with zero attached hydrogens (tertiary/aromatic N) is 1. The van der Waals surface area contributed by atoms with Gasteiger partial charge in [0.05, 0.1) is 12.6 Å². The van der Waals surface area contributed by atoms with Gasteiger partial charge in [0, 0.05) is 12.1 Å². The first-order valence-electron chi connectivity index (χ1n) is 6.47. The fourth-order valence-electron chi connectivity index (χ4n) is 2.55. The van der Waals surface area contributed by atoms with E-state index in [4.69, 9.17) is 5.73 Å². The Labute approximate surface area is 107 Å². The minimum atomic E-state index is -0.0246. The average Bonchev–Trinajstić information content (AvgIpc) is 2.87. The first kappa shape index (κ1) is 13.1. The van der Waals surface area contributed by atoms with E-state index in [0.717, 1.165) is 30.5 Å². The second-order valence-electron chi connectivity index (χ2n) is 4.67. The molecule has 1 aliphatic heterocycles. The van der Waals surface area contributed by atoms with Crippen LogP contribution in [0.2, 0.25) is 0 Å². The lowest BCUT2D eigenvalue weighted by atomic mass is 10.0. The van der Waals surface area contributed by atoms with Crippen molar-refractivity contribution in [3.8, 4) is 0 Å². The first-order valence-corrected chi connectivity index (χ1v) is 6.47. The highest BCUT2D eigenvalue weighted by molar-refractivity contribution is 5.96. The number of carbonyl (C=O) groups excluding carboxylic acids is 1. The highest BCUT2D eigenvalue weighted by Gasteiger charge is 2.29. The molecule has 0 radical (unpaired) electrons. The van der Waals surface area contributed by atoms with Crippen LogP contribution in [0.3, 0.4) is 0 Å². The Hall–Kier alpha value is -1.39. The highest BCUT2D eigenvalue weighted by Crippen LogP contribution is 2.21. The number of aliphatic hydroxyl groups is 1. The molecule has 3 N–H and O–H groups in total. The van der Waals surface area contributed by atoms with Crippen LogP contribution in [-0.4, -0.2) is 41.7 Å². The molecule has 1 saturated heterocycles. The van der Waals surface area contributed by atoms with E-state index in [1.807, 2.05) is 24.3 Å². The third-order valence-corrected chi connectivity index (χ3v) is 3.51. The van der Waals surface area contributed by atoms with Gasteiger partial charge in [0.2, 0.25) is 0 Å². The maximum Gasteiger partial charge on any atom is 0.254 e. The molecule has 1 atom stereocenters. The Morgan fingerprint density at radius 2 is 2.22 bits per heavy atom. The molecule has 0 aliphatic carbocycles. The van der Waals surface area contributed by atoms with Gasteiger partial charge in [-0.1, -0.05) is 18.2 Å². The lowest BCUT2D eigenvalue weighted by Gasteiger charge is -2.24. The minimum Gasteiger partial charge on any atom is -0.394 e. The van der Waals surface area contributed by atoms with Crippen LogP contribution in [0, 0.1) is 0 Å².